The van der Waals surface area contributed by atoms with Crippen LogP contribution in [0.2, 0.25) is 0 Å². The fourth-order valence-electron chi connectivity index (χ4n) is 1.79. The minimum Gasteiger partial charge on any atom is -0.444 e. The lowest BCUT2D eigenvalue weighted by Gasteiger charge is -2.27. The number of hydrogen-bond acceptors (Lipinski definition) is 4. The lowest BCUT2D eigenvalue weighted by atomic mass is 10.2. The highest BCUT2D eigenvalue weighted by Crippen LogP contribution is 2.17. The van der Waals surface area contributed by atoms with Crippen LogP contribution in [-0.2, 0) is 17.8 Å². The van der Waals surface area contributed by atoms with Gasteiger partial charge in [0.25, 0.3) is 0 Å². The summed E-state index contributed by atoms with van der Waals surface area (Å²) in [6.45, 7) is 6.58. The van der Waals surface area contributed by atoms with Crippen LogP contribution in [-0.4, -0.2) is 21.6 Å². The van der Waals surface area contributed by atoms with E-state index >= 15 is 0 Å². The van der Waals surface area contributed by atoms with E-state index in [1.807, 2.05) is 56.5 Å². The molecule has 0 saturated carbocycles. The van der Waals surface area contributed by atoms with Gasteiger partial charge in [0, 0.05) is 11.1 Å². The molecular formula is C16H20N2O2S. The largest absolute Gasteiger partial charge is 0.444 e. The number of hydrogen-bond donors (Lipinski definition) is 0. The van der Waals surface area contributed by atoms with Gasteiger partial charge in [0.15, 0.2) is 0 Å². The standard InChI is InChI=1S/C16H20N2O2S/c1-16(2,3)20-15(19)18(12-14-8-6-10-21-14)11-13-7-4-5-9-17-13/h4-10H,11-12H2,1-3H3. The van der Waals surface area contributed by atoms with Crippen LogP contribution in [0.4, 0.5) is 4.79 Å². The van der Waals surface area contributed by atoms with E-state index < -0.39 is 5.60 Å². The maximum atomic E-state index is 12.4. The van der Waals surface area contributed by atoms with Crippen molar-refractivity contribution in [2.24, 2.45) is 0 Å². The van der Waals surface area contributed by atoms with Crippen molar-refractivity contribution in [3.05, 3.63) is 52.5 Å². The van der Waals surface area contributed by atoms with E-state index in [1.165, 1.54) is 0 Å². The van der Waals surface area contributed by atoms with Crippen molar-refractivity contribution in [3.8, 4) is 0 Å². The van der Waals surface area contributed by atoms with Crippen LogP contribution in [0, 0.1) is 0 Å². The number of aromatic nitrogens is 1. The second-order valence-electron chi connectivity index (χ2n) is 5.74. The Morgan fingerprint density at radius 1 is 1.24 bits per heavy atom. The third-order valence-corrected chi connectivity index (χ3v) is 3.52. The second kappa shape index (κ2) is 6.72. The van der Waals surface area contributed by atoms with E-state index in [1.54, 1.807) is 22.4 Å². The molecule has 2 aromatic rings. The van der Waals surface area contributed by atoms with Gasteiger partial charge in [-0.05, 0) is 44.4 Å². The molecule has 0 aliphatic heterocycles. The van der Waals surface area contributed by atoms with Crippen molar-refractivity contribution in [1.29, 1.82) is 0 Å². The zero-order valence-electron chi connectivity index (χ0n) is 12.6. The molecule has 21 heavy (non-hydrogen) atoms. The normalized spacial score (nSPS) is 11.2. The fourth-order valence-corrected chi connectivity index (χ4v) is 2.51. The summed E-state index contributed by atoms with van der Waals surface area (Å²) >= 11 is 1.63. The lowest BCUT2D eigenvalue weighted by Crippen LogP contribution is -2.36. The van der Waals surface area contributed by atoms with Gasteiger partial charge in [-0.3, -0.25) is 9.88 Å². The Morgan fingerprint density at radius 2 is 2.05 bits per heavy atom. The number of thiophene rings is 1. The summed E-state index contributed by atoms with van der Waals surface area (Å²) in [6.07, 6.45) is 1.41. The van der Waals surface area contributed by atoms with E-state index in [0.29, 0.717) is 13.1 Å². The highest BCUT2D eigenvalue weighted by Gasteiger charge is 2.23. The first-order chi connectivity index (χ1) is 9.94. The number of carbonyl (C=O) groups excluding carboxylic acids is 1. The second-order valence-corrected chi connectivity index (χ2v) is 6.77. The number of rotatable bonds is 4. The Hall–Kier alpha value is -1.88. The summed E-state index contributed by atoms with van der Waals surface area (Å²) in [7, 11) is 0. The highest BCUT2D eigenvalue weighted by atomic mass is 32.1. The average molecular weight is 304 g/mol. The quantitative estimate of drug-likeness (QED) is 0.854. The number of amides is 1. The molecule has 0 unspecified atom stereocenters. The molecule has 0 radical (unpaired) electrons. The van der Waals surface area contributed by atoms with Gasteiger partial charge in [-0.25, -0.2) is 4.79 Å². The first kappa shape index (κ1) is 15.5. The lowest BCUT2D eigenvalue weighted by molar-refractivity contribution is 0.0216. The summed E-state index contributed by atoms with van der Waals surface area (Å²) in [5, 5.41) is 2.00. The van der Waals surface area contributed by atoms with Gasteiger partial charge in [-0.2, -0.15) is 0 Å². The maximum absolute atomic E-state index is 12.4. The molecule has 0 atom stereocenters. The molecule has 0 spiro atoms. The van der Waals surface area contributed by atoms with Crippen molar-refractivity contribution >= 4 is 17.4 Å². The van der Waals surface area contributed by atoms with Crippen LogP contribution in [0.3, 0.4) is 0 Å². The van der Waals surface area contributed by atoms with Gasteiger partial charge < -0.3 is 4.74 Å². The summed E-state index contributed by atoms with van der Waals surface area (Å²) in [6, 6.07) is 9.68. The van der Waals surface area contributed by atoms with Gasteiger partial charge in [-0.15, -0.1) is 11.3 Å². The molecule has 2 heterocycles. The Balaban J connectivity index is 2.11. The Bertz CT molecular complexity index is 562. The van der Waals surface area contributed by atoms with Crippen LogP contribution >= 0.6 is 11.3 Å². The number of carbonyl (C=O) groups is 1. The molecule has 0 bridgehead atoms. The van der Waals surface area contributed by atoms with E-state index in [9.17, 15) is 4.79 Å². The predicted molar refractivity (Wildman–Crippen MR) is 84.0 cm³/mol. The van der Waals surface area contributed by atoms with Gasteiger partial charge in [0.1, 0.15) is 5.60 Å². The molecule has 2 rings (SSSR count). The fraction of sp³-hybridized carbons (Fsp3) is 0.375. The minimum atomic E-state index is -0.505. The Morgan fingerprint density at radius 3 is 2.62 bits per heavy atom. The molecule has 112 valence electrons. The SMILES string of the molecule is CC(C)(C)OC(=O)N(Cc1ccccn1)Cc1cccs1. The van der Waals surface area contributed by atoms with Gasteiger partial charge >= 0.3 is 6.09 Å². The zero-order valence-corrected chi connectivity index (χ0v) is 13.4. The van der Waals surface area contributed by atoms with E-state index in [4.69, 9.17) is 4.74 Å². The summed E-state index contributed by atoms with van der Waals surface area (Å²) in [5.41, 5.74) is 0.342. The molecule has 1 amide bonds. The molecular weight excluding hydrogens is 284 g/mol. The predicted octanol–water partition coefficient (Wildman–Crippen LogP) is 4.08. The van der Waals surface area contributed by atoms with Crippen molar-refractivity contribution < 1.29 is 9.53 Å². The summed E-state index contributed by atoms with van der Waals surface area (Å²) in [5.74, 6) is 0. The molecule has 2 aromatic heterocycles. The number of nitrogens with zero attached hydrogens (tertiary/aromatic N) is 2. The monoisotopic (exact) mass is 304 g/mol. The Kier molecular flexibility index (Phi) is 4.96. The van der Waals surface area contributed by atoms with Crippen LogP contribution in [0.5, 0.6) is 0 Å². The zero-order chi connectivity index (χ0) is 15.3. The number of ether oxygens (including phenoxy) is 1. The first-order valence-electron chi connectivity index (χ1n) is 6.84. The smallest absolute Gasteiger partial charge is 0.410 e. The molecule has 5 heteroatoms. The molecule has 4 nitrogen and oxygen atoms in total. The van der Waals surface area contributed by atoms with Crippen LogP contribution in [0.15, 0.2) is 41.9 Å². The van der Waals surface area contributed by atoms with Crippen LogP contribution in [0.25, 0.3) is 0 Å². The molecule has 0 N–H and O–H groups in total. The van der Waals surface area contributed by atoms with Crippen molar-refractivity contribution in [3.63, 3.8) is 0 Å². The van der Waals surface area contributed by atoms with Crippen molar-refractivity contribution in [2.75, 3.05) is 0 Å². The summed E-state index contributed by atoms with van der Waals surface area (Å²) < 4.78 is 5.48. The third-order valence-electron chi connectivity index (χ3n) is 2.66. The number of pyridine rings is 1. The molecule has 0 aromatic carbocycles. The maximum Gasteiger partial charge on any atom is 0.410 e. The van der Waals surface area contributed by atoms with Crippen LogP contribution in [0.1, 0.15) is 31.3 Å². The van der Waals surface area contributed by atoms with E-state index in [0.717, 1.165) is 10.6 Å². The third kappa shape index (κ3) is 5.19. The molecule has 0 fully saturated rings. The molecule has 0 aliphatic rings. The average Bonchev–Trinajstić information content (AvgIpc) is 2.90. The van der Waals surface area contributed by atoms with Crippen molar-refractivity contribution in [2.45, 2.75) is 39.5 Å². The van der Waals surface area contributed by atoms with Crippen LogP contribution < -0.4 is 0 Å². The highest BCUT2D eigenvalue weighted by molar-refractivity contribution is 7.09. The van der Waals surface area contributed by atoms with Crippen molar-refractivity contribution in [1.82, 2.24) is 9.88 Å². The van der Waals surface area contributed by atoms with Gasteiger partial charge in [-0.1, -0.05) is 12.1 Å². The molecule has 0 saturated heterocycles. The topological polar surface area (TPSA) is 42.4 Å². The van der Waals surface area contributed by atoms with Gasteiger partial charge in [0.2, 0.25) is 0 Å². The van der Waals surface area contributed by atoms with Gasteiger partial charge in [0.05, 0.1) is 18.8 Å². The Labute approximate surface area is 129 Å². The van der Waals surface area contributed by atoms with E-state index in [-0.39, 0.29) is 6.09 Å². The summed E-state index contributed by atoms with van der Waals surface area (Å²) in [4.78, 5) is 19.5. The molecule has 0 aliphatic carbocycles. The van der Waals surface area contributed by atoms with E-state index in [2.05, 4.69) is 4.98 Å². The first-order valence-corrected chi connectivity index (χ1v) is 7.72. The minimum absolute atomic E-state index is 0.318.